The predicted molar refractivity (Wildman–Crippen MR) is 67.2 cm³/mol. The van der Waals surface area contributed by atoms with Gasteiger partial charge in [-0.1, -0.05) is 20.8 Å². The fraction of sp³-hybridized carbons (Fsp3) is 0.692. The van der Waals surface area contributed by atoms with E-state index < -0.39 is 0 Å². The van der Waals surface area contributed by atoms with Gasteiger partial charge < -0.3 is 10.2 Å². The zero-order valence-corrected chi connectivity index (χ0v) is 10.7. The third-order valence-corrected chi connectivity index (χ3v) is 3.68. The molecule has 0 unspecified atom stereocenters. The molecule has 16 heavy (non-hydrogen) atoms. The molecule has 0 bridgehead atoms. The van der Waals surface area contributed by atoms with Crippen molar-refractivity contribution in [1.29, 1.82) is 0 Å². The van der Waals surface area contributed by atoms with Crippen LogP contribution in [0.4, 0.5) is 0 Å². The average Bonchev–Trinajstić information content (AvgIpc) is 2.83. The normalized spacial score (nSPS) is 12.3. The summed E-state index contributed by atoms with van der Waals surface area (Å²) in [6.45, 7) is 9.15. The third-order valence-electron chi connectivity index (χ3n) is 3.68. The first-order valence-electron chi connectivity index (χ1n) is 6.20. The fourth-order valence-electron chi connectivity index (χ4n) is 2.32. The molecule has 0 spiro atoms. The van der Waals surface area contributed by atoms with Crippen LogP contribution in [-0.2, 0) is 6.54 Å². The summed E-state index contributed by atoms with van der Waals surface area (Å²) >= 11 is 0. The molecular weight excluding hydrogens is 200 g/mol. The first-order valence-corrected chi connectivity index (χ1v) is 6.20. The summed E-state index contributed by atoms with van der Waals surface area (Å²) in [7, 11) is 0. The molecule has 0 amide bonds. The Morgan fingerprint density at radius 3 is 2.38 bits per heavy atom. The van der Waals surface area contributed by atoms with Crippen LogP contribution in [0.5, 0.6) is 0 Å². The van der Waals surface area contributed by atoms with Crippen LogP contribution < -0.4 is 5.73 Å². The molecule has 0 saturated carbocycles. The minimum Gasteiger partial charge on any atom is -0.468 e. The highest BCUT2D eigenvalue weighted by Crippen LogP contribution is 2.24. The molecule has 0 aromatic carbocycles. The lowest BCUT2D eigenvalue weighted by Gasteiger charge is -2.41. The van der Waals surface area contributed by atoms with E-state index in [2.05, 4.69) is 25.7 Å². The van der Waals surface area contributed by atoms with E-state index in [0.29, 0.717) is 6.54 Å². The summed E-state index contributed by atoms with van der Waals surface area (Å²) in [6.07, 6.45) is 3.88. The van der Waals surface area contributed by atoms with Crippen LogP contribution >= 0.6 is 0 Å². The Labute approximate surface area is 98.6 Å². The molecule has 0 saturated heterocycles. The Hall–Kier alpha value is -0.800. The van der Waals surface area contributed by atoms with Gasteiger partial charge in [0.05, 0.1) is 12.8 Å². The van der Waals surface area contributed by atoms with Gasteiger partial charge in [-0.2, -0.15) is 0 Å². The van der Waals surface area contributed by atoms with Crippen molar-refractivity contribution in [2.75, 3.05) is 13.1 Å². The number of nitrogens with zero attached hydrogens (tertiary/aromatic N) is 1. The molecule has 1 heterocycles. The molecule has 0 radical (unpaired) electrons. The molecule has 0 aliphatic rings. The Kier molecular flexibility index (Phi) is 5.03. The van der Waals surface area contributed by atoms with E-state index in [9.17, 15) is 0 Å². The van der Waals surface area contributed by atoms with Gasteiger partial charge in [-0.3, -0.25) is 4.90 Å². The first-order chi connectivity index (χ1) is 7.72. The van der Waals surface area contributed by atoms with E-state index in [0.717, 1.165) is 31.7 Å². The van der Waals surface area contributed by atoms with Crippen molar-refractivity contribution in [3.63, 3.8) is 0 Å². The molecule has 1 aromatic heterocycles. The van der Waals surface area contributed by atoms with Crippen LogP contribution in [0.3, 0.4) is 0 Å². The van der Waals surface area contributed by atoms with Crippen LogP contribution in [0, 0.1) is 0 Å². The van der Waals surface area contributed by atoms with E-state index in [4.69, 9.17) is 10.2 Å². The van der Waals surface area contributed by atoms with E-state index in [1.807, 2.05) is 12.1 Å². The second kappa shape index (κ2) is 6.06. The van der Waals surface area contributed by atoms with Crippen LogP contribution in [0.1, 0.15) is 39.4 Å². The van der Waals surface area contributed by atoms with Crippen LogP contribution in [0.25, 0.3) is 0 Å². The maximum absolute atomic E-state index is 5.96. The topological polar surface area (TPSA) is 42.4 Å². The van der Waals surface area contributed by atoms with Gasteiger partial charge in [0.15, 0.2) is 0 Å². The minimum absolute atomic E-state index is 0.113. The molecule has 1 rings (SSSR count). The molecule has 3 heteroatoms. The first kappa shape index (κ1) is 13.3. The number of rotatable bonds is 7. The largest absolute Gasteiger partial charge is 0.468 e. The quantitative estimate of drug-likeness (QED) is 0.774. The highest BCUT2D eigenvalue weighted by molar-refractivity contribution is 5.00. The Balaban J connectivity index is 2.78. The molecule has 0 fully saturated rings. The number of hydrogen-bond acceptors (Lipinski definition) is 3. The van der Waals surface area contributed by atoms with Crippen LogP contribution in [0.15, 0.2) is 22.8 Å². The zero-order valence-electron chi connectivity index (χ0n) is 10.7. The lowest BCUT2D eigenvalue weighted by molar-refractivity contribution is 0.0755. The monoisotopic (exact) mass is 224 g/mol. The third kappa shape index (κ3) is 2.66. The van der Waals surface area contributed by atoms with E-state index in [1.165, 1.54) is 0 Å². The average molecular weight is 224 g/mol. The number of nitrogens with two attached hydrogens (primary N) is 1. The SMILES string of the molecule is CCN(Cc1ccco1)C(CC)(CC)CN. The summed E-state index contributed by atoms with van der Waals surface area (Å²) in [6, 6.07) is 3.96. The minimum atomic E-state index is 0.113. The molecule has 0 atom stereocenters. The highest BCUT2D eigenvalue weighted by atomic mass is 16.3. The summed E-state index contributed by atoms with van der Waals surface area (Å²) in [4.78, 5) is 2.42. The lowest BCUT2D eigenvalue weighted by atomic mass is 9.90. The van der Waals surface area contributed by atoms with Crippen LogP contribution in [-0.4, -0.2) is 23.5 Å². The Morgan fingerprint density at radius 2 is 2.00 bits per heavy atom. The number of likely N-dealkylation sites (N-methyl/N-ethyl adjacent to an activating group) is 1. The Morgan fingerprint density at radius 1 is 1.31 bits per heavy atom. The molecule has 3 nitrogen and oxygen atoms in total. The van der Waals surface area contributed by atoms with Gasteiger partial charge in [0, 0.05) is 12.1 Å². The summed E-state index contributed by atoms with van der Waals surface area (Å²) in [5, 5.41) is 0. The predicted octanol–water partition coefficient (Wildman–Crippen LogP) is 2.62. The van der Waals surface area contributed by atoms with Crippen molar-refractivity contribution in [3.05, 3.63) is 24.2 Å². The summed E-state index contributed by atoms with van der Waals surface area (Å²) < 4.78 is 5.41. The number of hydrogen-bond donors (Lipinski definition) is 1. The van der Waals surface area contributed by atoms with Crippen molar-refractivity contribution < 1.29 is 4.42 Å². The van der Waals surface area contributed by atoms with E-state index in [-0.39, 0.29) is 5.54 Å². The fourth-order valence-corrected chi connectivity index (χ4v) is 2.32. The van der Waals surface area contributed by atoms with Gasteiger partial charge >= 0.3 is 0 Å². The summed E-state index contributed by atoms with van der Waals surface area (Å²) in [5.41, 5.74) is 6.07. The maximum atomic E-state index is 5.96. The van der Waals surface area contributed by atoms with E-state index >= 15 is 0 Å². The van der Waals surface area contributed by atoms with Gasteiger partial charge in [-0.05, 0) is 31.5 Å². The standard InChI is InChI=1S/C13H24N2O/c1-4-13(5-2,11-14)15(6-3)10-12-8-7-9-16-12/h7-9H,4-6,10-11,14H2,1-3H3. The zero-order chi connectivity index (χ0) is 12.0. The molecule has 1 aromatic rings. The van der Waals surface area contributed by atoms with Gasteiger partial charge in [0.2, 0.25) is 0 Å². The van der Waals surface area contributed by atoms with Crippen molar-refractivity contribution >= 4 is 0 Å². The van der Waals surface area contributed by atoms with Gasteiger partial charge in [0.25, 0.3) is 0 Å². The molecule has 0 aliphatic carbocycles. The second-order valence-corrected chi connectivity index (χ2v) is 4.23. The Bertz CT molecular complexity index is 270. The number of furan rings is 1. The van der Waals surface area contributed by atoms with Gasteiger partial charge in [0.1, 0.15) is 5.76 Å². The smallest absolute Gasteiger partial charge is 0.117 e. The molecule has 2 N–H and O–H groups in total. The van der Waals surface area contributed by atoms with Gasteiger partial charge in [-0.25, -0.2) is 0 Å². The lowest BCUT2D eigenvalue weighted by Crippen LogP contribution is -2.52. The van der Waals surface area contributed by atoms with Crippen molar-refractivity contribution in [2.45, 2.75) is 45.7 Å². The molecular formula is C13H24N2O. The maximum Gasteiger partial charge on any atom is 0.117 e. The highest BCUT2D eigenvalue weighted by Gasteiger charge is 2.31. The second-order valence-electron chi connectivity index (χ2n) is 4.23. The van der Waals surface area contributed by atoms with Crippen LogP contribution in [0.2, 0.25) is 0 Å². The molecule has 92 valence electrons. The molecule has 0 aliphatic heterocycles. The summed E-state index contributed by atoms with van der Waals surface area (Å²) in [5.74, 6) is 1.02. The van der Waals surface area contributed by atoms with Crippen molar-refractivity contribution in [3.8, 4) is 0 Å². The van der Waals surface area contributed by atoms with Crippen molar-refractivity contribution in [2.24, 2.45) is 5.73 Å². The van der Waals surface area contributed by atoms with Gasteiger partial charge in [-0.15, -0.1) is 0 Å². The van der Waals surface area contributed by atoms with Crippen molar-refractivity contribution in [1.82, 2.24) is 4.90 Å². The van der Waals surface area contributed by atoms with E-state index in [1.54, 1.807) is 6.26 Å².